The molecule has 0 aromatic heterocycles. The summed E-state index contributed by atoms with van der Waals surface area (Å²) in [5, 5.41) is 10.5. The van der Waals surface area contributed by atoms with E-state index in [2.05, 4.69) is 0 Å². The van der Waals surface area contributed by atoms with Crippen molar-refractivity contribution in [1.82, 2.24) is 0 Å². The number of benzene rings is 1. The molecule has 0 unspecified atom stereocenters. The van der Waals surface area contributed by atoms with E-state index >= 15 is 0 Å². The third-order valence-electron chi connectivity index (χ3n) is 2.15. The molecule has 0 aliphatic heterocycles. The second-order valence-electron chi connectivity index (χ2n) is 3.18. The molecule has 2 N–H and O–H groups in total. The molecule has 0 spiro atoms. The molecule has 0 aliphatic rings. The van der Waals surface area contributed by atoms with Crippen LogP contribution in [-0.2, 0) is 12.6 Å². The molecule has 0 atom stereocenters. The average Bonchev–Trinajstić information content (AvgIpc) is 2.15. The Morgan fingerprint density at radius 1 is 1.44 bits per heavy atom. The van der Waals surface area contributed by atoms with Crippen LogP contribution in [0.5, 0.6) is 0 Å². The molecular weight excluding hydrogens is 225 g/mol. The summed E-state index contributed by atoms with van der Waals surface area (Å²) in [7, 11) is 0. The Kier molecular flexibility index (Phi) is 3.06. The maximum Gasteiger partial charge on any atom is 0.416 e. The maximum atomic E-state index is 12.4. The van der Waals surface area contributed by atoms with Gasteiger partial charge in [-0.05, 0) is 18.1 Å². The Bertz CT molecular complexity index is 429. The van der Waals surface area contributed by atoms with Gasteiger partial charge in [0.2, 0.25) is 0 Å². The van der Waals surface area contributed by atoms with Crippen LogP contribution in [0, 0.1) is 10.1 Å². The summed E-state index contributed by atoms with van der Waals surface area (Å²) < 4.78 is 37.2. The first-order valence-electron chi connectivity index (χ1n) is 4.41. The van der Waals surface area contributed by atoms with Gasteiger partial charge in [0.25, 0.3) is 5.69 Å². The first kappa shape index (κ1) is 12.3. The molecule has 1 aromatic rings. The van der Waals surface area contributed by atoms with Crippen molar-refractivity contribution in [3.8, 4) is 0 Å². The van der Waals surface area contributed by atoms with Gasteiger partial charge in [0.1, 0.15) is 5.69 Å². The normalized spacial score (nSPS) is 11.5. The van der Waals surface area contributed by atoms with Gasteiger partial charge in [0.05, 0.1) is 10.5 Å². The third-order valence-corrected chi connectivity index (χ3v) is 2.15. The highest BCUT2D eigenvalue weighted by Crippen LogP contribution is 2.36. The predicted molar refractivity (Wildman–Crippen MR) is 51.9 cm³/mol. The standard InChI is InChI=1S/C9H9F3N2O2/c1-2-5-3-6(9(10,11)12)4-7(8(5)13)14(15)16/h3-4H,2,13H2,1H3. The minimum Gasteiger partial charge on any atom is -0.393 e. The topological polar surface area (TPSA) is 69.2 Å². The van der Waals surface area contributed by atoms with Crippen LogP contribution in [-0.4, -0.2) is 4.92 Å². The summed E-state index contributed by atoms with van der Waals surface area (Å²) in [5.74, 6) is 0. The van der Waals surface area contributed by atoms with Crippen molar-refractivity contribution in [3.63, 3.8) is 0 Å². The molecule has 7 heteroatoms. The largest absolute Gasteiger partial charge is 0.416 e. The summed E-state index contributed by atoms with van der Waals surface area (Å²) in [6, 6.07) is 1.29. The Hall–Kier alpha value is -1.79. The summed E-state index contributed by atoms with van der Waals surface area (Å²) in [6.45, 7) is 1.58. The second kappa shape index (κ2) is 3.99. The summed E-state index contributed by atoms with van der Waals surface area (Å²) in [5.41, 5.74) is 3.56. The van der Waals surface area contributed by atoms with Crippen LogP contribution in [0.1, 0.15) is 18.1 Å². The number of nitro groups is 1. The van der Waals surface area contributed by atoms with Gasteiger partial charge in [-0.15, -0.1) is 0 Å². The van der Waals surface area contributed by atoms with E-state index in [9.17, 15) is 23.3 Å². The third kappa shape index (κ3) is 2.23. The molecule has 0 aliphatic carbocycles. The summed E-state index contributed by atoms with van der Waals surface area (Å²) in [4.78, 5) is 9.61. The van der Waals surface area contributed by atoms with Crippen LogP contribution in [0.25, 0.3) is 0 Å². The number of alkyl halides is 3. The number of halogens is 3. The van der Waals surface area contributed by atoms with Crippen LogP contribution >= 0.6 is 0 Å². The van der Waals surface area contributed by atoms with E-state index in [1.54, 1.807) is 6.92 Å². The van der Waals surface area contributed by atoms with Crippen LogP contribution < -0.4 is 5.73 Å². The molecule has 16 heavy (non-hydrogen) atoms. The van der Waals surface area contributed by atoms with E-state index in [1.165, 1.54) is 0 Å². The molecule has 0 saturated heterocycles. The van der Waals surface area contributed by atoms with Gasteiger partial charge in [-0.2, -0.15) is 13.2 Å². The van der Waals surface area contributed by atoms with Crippen molar-refractivity contribution < 1.29 is 18.1 Å². The molecule has 1 aromatic carbocycles. The maximum absolute atomic E-state index is 12.4. The quantitative estimate of drug-likeness (QED) is 0.486. The zero-order valence-electron chi connectivity index (χ0n) is 8.34. The Morgan fingerprint density at radius 3 is 2.38 bits per heavy atom. The minimum atomic E-state index is -4.61. The zero-order chi connectivity index (χ0) is 12.5. The first-order chi connectivity index (χ1) is 7.27. The average molecular weight is 234 g/mol. The monoisotopic (exact) mass is 234 g/mol. The molecular formula is C9H9F3N2O2. The lowest BCUT2D eigenvalue weighted by atomic mass is 10.0. The van der Waals surface area contributed by atoms with Gasteiger partial charge in [0.15, 0.2) is 0 Å². The van der Waals surface area contributed by atoms with Crippen molar-refractivity contribution in [2.45, 2.75) is 19.5 Å². The number of rotatable bonds is 2. The first-order valence-corrected chi connectivity index (χ1v) is 4.41. The van der Waals surface area contributed by atoms with Crippen LogP contribution in [0.3, 0.4) is 0 Å². The molecule has 0 bridgehead atoms. The number of aryl methyl sites for hydroxylation is 1. The lowest BCUT2D eigenvalue weighted by molar-refractivity contribution is -0.384. The van der Waals surface area contributed by atoms with Gasteiger partial charge in [-0.25, -0.2) is 0 Å². The molecule has 4 nitrogen and oxygen atoms in total. The van der Waals surface area contributed by atoms with E-state index in [0.29, 0.717) is 6.07 Å². The van der Waals surface area contributed by atoms with Crippen molar-refractivity contribution in [3.05, 3.63) is 33.4 Å². The number of nitrogen functional groups attached to an aromatic ring is 1. The van der Waals surface area contributed by atoms with Crippen LogP contribution in [0.4, 0.5) is 24.5 Å². The van der Waals surface area contributed by atoms with E-state index in [0.717, 1.165) is 6.07 Å². The van der Waals surface area contributed by atoms with Crippen molar-refractivity contribution in [2.24, 2.45) is 0 Å². The second-order valence-corrected chi connectivity index (χ2v) is 3.18. The van der Waals surface area contributed by atoms with Gasteiger partial charge in [-0.1, -0.05) is 6.92 Å². The van der Waals surface area contributed by atoms with Gasteiger partial charge in [-0.3, -0.25) is 10.1 Å². The molecule has 0 heterocycles. The number of hydrogen-bond donors (Lipinski definition) is 1. The Labute approximate surface area is 89.0 Å². The number of anilines is 1. The van der Waals surface area contributed by atoms with Crippen molar-refractivity contribution in [2.75, 3.05) is 5.73 Å². The fraction of sp³-hybridized carbons (Fsp3) is 0.333. The molecule has 0 radical (unpaired) electrons. The molecule has 0 amide bonds. The van der Waals surface area contributed by atoms with E-state index in [-0.39, 0.29) is 17.7 Å². The smallest absolute Gasteiger partial charge is 0.393 e. The Morgan fingerprint density at radius 2 is 2.00 bits per heavy atom. The van der Waals surface area contributed by atoms with Gasteiger partial charge in [0, 0.05) is 6.07 Å². The summed E-state index contributed by atoms with van der Waals surface area (Å²) in [6.07, 6.45) is -4.40. The fourth-order valence-electron chi connectivity index (χ4n) is 1.30. The predicted octanol–water partition coefficient (Wildman–Crippen LogP) is 2.76. The molecule has 0 fully saturated rings. The molecule has 88 valence electrons. The van der Waals surface area contributed by atoms with Crippen molar-refractivity contribution in [1.29, 1.82) is 0 Å². The summed E-state index contributed by atoms with van der Waals surface area (Å²) >= 11 is 0. The zero-order valence-corrected chi connectivity index (χ0v) is 8.34. The van der Waals surface area contributed by atoms with Gasteiger partial charge < -0.3 is 5.73 Å². The van der Waals surface area contributed by atoms with E-state index < -0.39 is 22.4 Å². The highest BCUT2D eigenvalue weighted by Gasteiger charge is 2.33. The van der Waals surface area contributed by atoms with E-state index in [1.807, 2.05) is 0 Å². The number of nitrogens with zero attached hydrogens (tertiary/aromatic N) is 1. The number of hydrogen-bond acceptors (Lipinski definition) is 3. The van der Waals surface area contributed by atoms with Gasteiger partial charge >= 0.3 is 6.18 Å². The minimum absolute atomic E-state index is 0.126. The highest BCUT2D eigenvalue weighted by atomic mass is 19.4. The number of nitro benzene ring substituents is 1. The molecule has 0 saturated carbocycles. The number of nitrogens with two attached hydrogens (primary N) is 1. The van der Waals surface area contributed by atoms with Crippen LogP contribution in [0.15, 0.2) is 12.1 Å². The lowest BCUT2D eigenvalue weighted by Crippen LogP contribution is -2.09. The van der Waals surface area contributed by atoms with Crippen LogP contribution in [0.2, 0.25) is 0 Å². The van der Waals surface area contributed by atoms with E-state index in [4.69, 9.17) is 5.73 Å². The highest BCUT2D eigenvalue weighted by molar-refractivity contribution is 5.65. The Balaban J connectivity index is 3.46. The molecule has 1 rings (SSSR count). The van der Waals surface area contributed by atoms with Crippen molar-refractivity contribution >= 4 is 11.4 Å². The fourth-order valence-corrected chi connectivity index (χ4v) is 1.30. The lowest BCUT2D eigenvalue weighted by Gasteiger charge is -2.10. The SMILES string of the molecule is CCc1cc(C(F)(F)F)cc([N+](=O)[O-])c1N.